The molecular formula is C17H20F3NO3S. The molecule has 1 saturated carbocycles. The van der Waals surface area contributed by atoms with Gasteiger partial charge in [-0.1, -0.05) is 12.8 Å². The number of fused-ring (bicyclic) bond motifs is 1. The summed E-state index contributed by atoms with van der Waals surface area (Å²) in [7, 11) is -3.30. The second-order valence-electron chi connectivity index (χ2n) is 6.74. The Morgan fingerprint density at radius 3 is 2.48 bits per heavy atom. The van der Waals surface area contributed by atoms with Crippen molar-refractivity contribution in [3.05, 3.63) is 34.6 Å². The maximum Gasteiger partial charge on any atom is 0.221 e. The van der Waals surface area contributed by atoms with Crippen molar-refractivity contribution < 1.29 is 26.4 Å². The van der Waals surface area contributed by atoms with Crippen LogP contribution in [0.15, 0.2) is 6.07 Å². The van der Waals surface area contributed by atoms with Gasteiger partial charge in [0.25, 0.3) is 0 Å². The second kappa shape index (κ2) is 6.97. The first-order chi connectivity index (χ1) is 11.8. The Morgan fingerprint density at radius 1 is 1.12 bits per heavy atom. The van der Waals surface area contributed by atoms with Crippen molar-refractivity contribution in [2.45, 2.75) is 56.2 Å². The average Bonchev–Trinajstić information content (AvgIpc) is 3.22. The zero-order chi connectivity index (χ0) is 18.2. The number of sulfone groups is 1. The van der Waals surface area contributed by atoms with E-state index in [-0.39, 0.29) is 35.0 Å². The minimum atomic E-state index is -3.30. The van der Waals surface area contributed by atoms with Crippen LogP contribution in [0.25, 0.3) is 0 Å². The van der Waals surface area contributed by atoms with Gasteiger partial charge in [0.2, 0.25) is 5.91 Å². The molecule has 138 valence electrons. The smallest absolute Gasteiger partial charge is 0.221 e. The van der Waals surface area contributed by atoms with E-state index >= 15 is 0 Å². The summed E-state index contributed by atoms with van der Waals surface area (Å²) in [4.78, 5) is 12.1. The fourth-order valence-corrected chi connectivity index (χ4v) is 5.58. The van der Waals surface area contributed by atoms with Crippen LogP contribution in [-0.2, 0) is 21.1 Å². The minimum Gasteiger partial charge on any atom is -0.349 e. The van der Waals surface area contributed by atoms with Crippen LogP contribution >= 0.6 is 0 Å². The van der Waals surface area contributed by atoms with E-state index in [4.69, 9.17) is 0 Å². The normalized spacial score (nSPS) is 20.7. The first-order valence-electron chi connectivity index (χ1n) is 8.47. The molecule has 1 N–H and O–H groups in total. The highest BCUT2D eigenvalue weighted by Crippen LogP contribution is 2.35. The third-order valence-electron chi connectivity index (χ3n) is 5.12. The van der Waals surface area contributed by atoms with E-state index in [1.807, 2.05) is 0 Å². The molecule has 1 aromatic carbocycles. The van der Waals surface area contributed by atoms with E-state index in [9.17, 15) is 26.4 Å². The van der Waals surface area contributed by atoms with Gasteiger partial charge in [-0.3, -0.25) is 4.79 Å². The fraction of sp³-hybridized carbons (Fsp3) is 0.588. The molecular weight excluding hydrogens is 355 g/mol. The summed E-state index contributed by atoms with van der Waals surface area (Å²) in [6, 6.07) is 0.280. The molecule has 2 aliphatic rings. The molecule has 0 heterocycles. The first kappa shape index (κ1) is 18.2. The number of hydrogen-bond donors (Lipinski definition) is 1. The lowest BCUT2D eigenvalue weighted by atomic mass is 10.1. The molecule has 0 spiro atoms. The van der Waals surface area contributed by atoms with Crippen LogP contribution in [-0.4, -0.2) is 25.3 Å². The van der Waals surface area contributed by atoms with Crippen LogP contribution in [0, 0.1) is 17.5 Å². The maximum absolute atomic E-state index is 13.7. The van der Waals surface area contributed by atoms with Crippen molar-refractivity contribution in [1.29, 1.82) is 0 Å². The number of hydrogen-bond acceptors (Lipinski definition) is 3. The topological polar surface area (TPSA) is 63.2 Å². The largest absolute Gasteiger partial charge is 0.349 e. The van der Waals surface area contributed by atoms with E-state index in [0.717, 1.165) is 18.9 Å². The average molecular weight is 375 g/mol. The van der Waals surface area contributed by atoms with Gasteiger partial charge in [-0.15, -0.1) is 0 Å². The molecule has 2 aliphatic carbocycles. The Bertz CT molecular complexity index is 789. The van der Waals surface area contributed by atoms with Gasteiger partial charge in [0.1, 0.15) is 0 Å². The number of halogens is 3. The van der Waals surface area contributed by atoms with Gasteiger partial charge in [0.05, 0.1) is 17.0 Å². The van der Waals surface area contributed by atoms with Crippen molar-refractivity contribution >= 4 is 15.7 Å². The predicted octanol–water partition coefficient (Wildman–Crippen LogP) is 2.95. The molecule has 1 unspecified atom stereocenters. The standard InChI is InChI=1S/C17H20F3NO3S/c18-13-9-12-11(16(19)17(13)20)5-6-14(12)21-15(22)7-8-25(23,24)10-3-1-2-4-10/h9-10,14H,1-8H2,(H,21,22). The molecule has 1 amide bonds. The van der Waals surface area contributed by atoms with Gasteiger partial charge >= 0.3 is 0 Å². The quantitative estimate of drug-likeness (QED) is 0.805. The van der Waals surface area contributed by atoms with Crippen LogP contribution < -0.4 is 5.32 Å². The highest BCUT2D eigenvalue weighted by Gasteiger charge is 2.32. The van der Waals surface area contributed by atoms with E-state index in [1.54, 1.807) is 0 Å². The van der Waals surface area contributed by atoms with Crippen LogP contribution in [0.4, 0.5) is 13.2 Å². The number of carbonyl (C=O) groups excluding carboxylic acids is 1. The summed E-state index contributed by atoms with van der Waals surface area (Å²) in [6.45, 7) is 0. The maximum atomic E-state index is 13.7. The minimum absolute atomic E-state index is 0.0720. The van der Waals surface area contributed by atoms with Crippen molar-refractivity contribution in [3.63, 3.8) is 0 Å². The molecule has 0 saturated heterocycles. The molecule has 8 heteroatoms. The highest BCUT2D eigenvalue weighted by molar-refractivity contribution is 7.92. The van der Waals surface area contributed by atoms with Gasteiger partial charge in [0, 0.05) is 6.42 Å². The van der Waals surface area contributed by atoms with Gasteiger partial charge in [-0.2, -0.15) is 0 Å². The van der Waals surface area contributed by atoms with E-state index in [1.165, 1.54) is 0 Å². The monoisotopic (exact) mass is 375 g/mol. The molecule has 1 fully saturated rings. The van der Waals surface area contributed by atoms with Gasteiger partial charge in [0.15, 0.2) is 27.3 Å². The van der Waals surface area contributed by atoms with Crippen molar-refractivity contribution in [3.8, 4) is 0 Å². The Hall–Kier alpha value is -1.57. The Labute approximate surface area is 144 Å². The molecule has 4 nitrogen and oxygen atoms in total. The fourth-order valence-electron chi connectivity index (χ4n) is 3.73. The molecule has 0 radical (unpaired) electrons. The summed E-state index contributed by atoms with van der Waals surface area (Å²) < 4.78 is 64.8. The van der Waals surface area contributed by atoms with Crippen LogP contribution in [0.1, 0.15) is 55.7 Å². The number of benzene rings is 1. The van der Waals surface area contributed by atoms with Crippen molar-refractivity contribution in [1.82, 2.24) is 5.32 Å². The van der Waals surface area contributed by atoms with Gasteiger partial charge in [-0.25, -0.2) is 21.6 Å². The molecule has 3 rings (SSSR count). The summed E-state index contributed by atoms with van der Waals surface area (Å²) >= 11 is 0. The summed E-state index contributed by atoms with van der Waals surface area (Å²) in [6.07, 6.45) is 3.41. The zero-order valence-corrected chi connectivity index (χ0v) is 14.5. The van der Waals surface area contributed by atoms with Crippen molar-refractivity contribution in [2.24, 2.45) is 0 Å². The zero-order valence-electron chi connectivity index (χ0n) is 13.7. The molecule has 1 atom stereocenters. The van der Waals surface area contributed by atoms with Crippen LogP contribution in [0.3, 0.4) is 0 Å². The SMILES string of the molecule is O=C(CCS(=O)(=O)C1CCCC1)NC1CCc2c1cc(F)c(F)c2F. The van der Waals surface area contributed by atoms with E-state index in [0.29, 0.717) is 19.3 Å². The Morgan fingerprint density at radius 2 is 1.80 bits per heavy atom. The second-order valence-corrected chi connectivity index (χ2v) is 9.14. The lowest BCUT2D eigenvalue weighted by molar-refractivity contribution is -0.121. The number of amides is 1. The molecule has 1 aromatic rings. The lowest BCUT2D eigenvalue weighted by Crippen LogP contribution is -2.30. The first-order valence-corrected chi connectivity index (χ1v) is 10.2. The highest BCUT2D eigenvalue weighted by atomic mass is 32.2. The number of carbonyl (C=O) groups is 1. The van der Waals surface area contributed by atoms with Gasteiger partial charge < -0.3 is 5.32 Å². The van der Waals surface area contributed by atoms with Crippen LogP contribution in [0.5, 0.6) is 0 Å². The summed E-state index contributed by atoms with van der Waals surface area (Å²) in [5, 5.41) is 2.25. The Balaban J connectivity index is 1.62. The lowest BCUT2D eigenvalue weighted by Gasteiger charge is -2.15. The van der Waals surface area contributed by atoms with Crippen molar-refractivity contribution in [2.75, 3.05) is 5.75 Å². The predicted molar refractivity (Wildman–Crippen MR) is 86.2 cm³/mol. The molecule has 25 heavy (non-hydrogen) atoms. The summed E-state index contributed by atoms with van der Waals surface area (Å²) in [5.74, 6) is -4.72. The molecule has 0 aliphatic heterocycles. The molecule has 0 aromatic heterocycles. The third kappa shape index (κ3) is 3.68. The van der Waals surface area contributed by atoms with E-state index in [2.05, 4.69) is 5.32 Å². The number of rotatable bonds is 5. The van der Waals surface area contributed by atoms with E-state index < -0.39 is 39.2 Å². The van der Waals surface area contributed by atoms with Gasteiger partial charge in [-0.05, 0) is 42.9 Å². The third-order valence-corrected chi connectivity index (χ3v) is 7.38. The van der Waals surface area contributed by atoms with Crippen LogP contribution in [0.2, 0.25) is 0 Å². The number of nitrogens with one attached hydrogen (secondary N) is 1. The Kier molecular flexibility index (Phi) is 5.09. The molecule has 0 bridgehead atoms. The summed E-state index contributed by atoms with van der Waals surface area (Å²) in [5.41, 5.74) is 0.297.